The third-order valence-electron chi connectivity index (χ3n) is 3.10. The largest absolute Gasteiger partial charge is 0.453 e. The maximum Gasteiger partial charge on any atom is 0.338 e. The second-order valence-corrected chi connectivity index (χ2v) is 4.29. The second kappa shape index (κ2) is 5.98. The highest BCUT2D eigenvalue weighted by Crippen LogP contribution is 2.28. The van der Waals surface area contributed by atoms with Gasteiger partial charge < -0.3 is 14.2 Å². The SMILES string of the molecule is C=C/C(=C\C=C/C)C(=O)OC1CO[C@@H]2CCOC12. The van der Waals surface area contributed by atoms with Gasteiger partial charge in [0.05, 0.1) is 18.3 Å². The van der Waals surface area contributed by atoms with Gasteiger partial charge in [-0.05, 0) is 19.4 Å². The van der Waals surface area contributed by atoms with E-state index < -0.39 is 0 Å². The molecule has 2 saturated heterocycles. The summed E-state index contributed by atoms with van der Waals surface area (Å²) >= 11 is 0. The molecule has 0 aromatic rings. The summed E-state index contributed by atoms with van der Waals surface area (Å²) in [5, 5.41) is 0. The molecule has 0 spiro atoms. The van der Waals surface area contributed by atoms with Crippen LogP contribution in [0.3, 0.4) is 0 Å². The van der Waals surface area contributed by atoms with Gasteiger partial charge in [0, 0.05) is 6.61 Å². The standard InChI is InChI=1S/C14H18O4/c1-3-5-6-10(4-2)14(15)18-12-9-17-11-7-8-16-13(11)12/h3-6,11-13H,2,7-9H2,1H3/b5-3-,10-6+/t11-,12?,13?/m1/s1. The van der Waals surface area contributed by atoms with E-state index in [1.165, 1.54) is 6.08 Å². The van der Waals surface area contributed by atoms with Crippen LogP contribution >= 0.6 is 0 Å². The van der Waals surface area contributed by atoms with Gasteiger partial charge in [0.1, 0.15) is 6.10 Å². The molecule has 98 valence electrons. The normalized spacial score (nSPS) is 31.6. The van der Waals surface area contributed by atoms with Crippen LogP contribution in [-0.2, 0) is 19.0 Å². The van der Waals surface area contributed by atoms with E-state index in [1.807, 2.05) is 13.0 Å². The van der Waals surface area contributed by atoms with Crippen molar-refractivity contribution in [3.05, 3.63) is 36.5 Å². The first-order valence-electron chi connectivity index (χ1n) is 6.16. The lowest BCUT2D eigenvalue weighted by Gasteiger charge is -2.16. The Morgan fingerprint density at radius 2 is 2.28 bits per heavy atom. The summed E-state index contributed by atoms with van der Waals surface area (Å²) in [5.74, 6) is -0.382. The molecular formula is C14H18O4. The van der Waals surface area contributed by atoms with Crippen molar-refractivity contribution in [1.29, 1.82) is 0 Å². The van der Waals surface area contributed by atoms with Crippen molar-refractivity contribution in [2.24, 2.45) is 0 Å². The Bertz CT molecular complexity index is 383. The first-order valence-corrected chi connectivity index (χ1v) is 6.16. The third-order valence-corrected chi connectivity index (χ3v) is 3.10. The minimum atomic E-state index is -0.382. The molecule has 18 heavy (non-hydrogen) atoms. The number of allylic oxidation sites excluding steroid dienone is 3. The lowest BCUT2D eigenvalue weighted by molar-refractivity contribution is -0.148. The van der Waals surface area contributed by atoms with Crippen molar-refractivity contribution >= 4 is 5.97 Å². The molecule has 0 amide bonds. The van der Waals surface area contributed by atoms with Gasteiger partial charge in [-0.15, -0.1) is 0 Å². The number of fused-ring (bicyclic) bond motifs is 1. The van der Waals surface area contributed by atoms with Gasteiger partial charge in [-0.3, -0.25) is 0 Å². The van der Waals surface area contributed by atoms with Crippen molar-refractivity contribution in [2.75, 3.05) is 13.2 Å². The maximum atomic E-state index is 11.9. The molecule has 0 saturated carbocycles. The van der Waals surface area contributed by atoms with Crippen LogP contribution in [0.5, 0.6) is 0 Å². The fourth-order valence-electron chi connectivity index (χ4n) is 2.16. The highest BCUT2D eigenvalue weighted by Gasteiger charge is 2.44. The Balaban J connectivity index is 1.96. The van der Waals surface area contributed by atoms with Crippen LogP contribution in [0, 0.1) is 0 Å². The van der Waals surface area contributed by atoms with Crippen molar-refractivity contribution in [2.45, 2.75) is 31.7 Å². The molecule has 4 heteroatoms. The Morgan fingerprint density at radius 3 is 3.00 bits per heavy atom. The highest BCUT2D eigenvalue weighted by molar-refractivity contribution is 5.91. The summed E-state index contributed by atoms with van der Waals surface area (Å²) in [6.45, 7) is 6.57. The van der Waals surface area contributed by atoms with Gasteiger partial charge in [-0.25, -0.2) is 4.79 Å². The molecule has 2 rings (SSSR count). The van der Waals surface area contributed by atoms with Gasteiger partial charge in [0.2, 0.25) is 0 Å². The predicted octanol–water partition coefficient (Wildman–Crippen LogP) is 1.77. The number of ether oxygens (including phenoxy) is 3. The number of carbonyl (C=O) groups is 1. The van der Waals surface area contributed by atoms with Crippen molar-refractivity contribution in [3.8, 4) is 0 Å². The number of esters is 1. The van der Waals surface area contributed by atoms with Gasteiger partial charge in [0.15, 0.2) is 6.10 Å². The molecule has 4 nitrogen and oxygen atoms in total. The first-order chi connectivity index (χ1) is 8.76. The highest BCUT2D eigenvalue weighted by atomic mass is 16.6. The van der Waals surface area contributed by atoms with Gasteiger partial charge in [-0.2, -0.15) is 0 Å². The molecule has 0 bridgehead atoms. The van der Waals surface area contributed by atoms with Crippen LogP contribution in [0.1, 0.15) is 13.3 Å². The minimum Gasteiger partial charge on any atom is -0.453 e. The van der Waals surface area contributed by atoms with Crippen LogP contribution in [0.25, 0.3) is 0 Å². The second-order valence-electron chi connectivity index (χ2n) is 4.29. The number of hydrogen-bond donors (Lipinski definition) is 0. The van der Waals surface area contributed by atoms with E-state index in [0.717, 1.165) is 6.42 Å². The monoisotopic (exact) mass is 250 g/mol. The smallest absolute Gasteiger partial charge is 0.338 e. The minimum absolute atomic E-state index is 0.0782. The first kappa shape index (κ1) is 13.1. The Hall–Kier alpha value is -1.39. The Labute approximate surface area is 107 Å². The van der Waals surface area contributed by atoms with Crippen molar-refractivity contribution in [1.82, 2.24) is 0 Å². The summed E-state index contributed by atoms with van der Waals surface area (Å²) in [4.78, 5) is 11.9. The summed E-state index contributed by atoms with van der Waals surface area (Å²) in [6, 6.07) is 0. The zero-order valence-electron chi connectivity index (χ0n) is 10.5. The van der Waals surface area contributed by atoms with E-state index in [1.54, 1.807) is 12.2 Å². The van der Waals surface area contributed by atoms with Crippen molar-refractivity contribution in [3.63, 3.8) is 0 Å². The van der Waals surface area contributed by atoms with Gasteiger partial charge >= 0.3 is 5.97 Å². The average Bonchev–Trinajstić information content (AvgIpc) is 2.95. The van der Waals surface area contributed by atoms with Crippen LogP contribution in [-0.4, -0.2) is 37.5 Å². The number of rotatable bonds is 4. The molecule has 0 N–H and O–H groups in total. The van der Waals surface area contributed by atoms with Crippen LogP contribution in [0.15, 0.2) is 36.5 Å². The Morgan fingerprint density at radius 1 is 1.44 bits per heavy atom. The summed E-state index contributed by atoms with van der Waals surface area (Å²) < 4.78 is 16.5. The third kappa shape index (κ3) is 2.71. The van der Waals surface area contributed by atoms with Gasteiger partial charge in [-0.1, -0.05) is 24.8 Å². The Kier molecular flexibility index (Phi) is 4.33. The van der Waals surface area contributed by atoms with Crippen molar-refractivity contribution < 1.29 is 19.0 Å². The maximum absolute atomic E-state index is 11.9. The molecule has 3 atom stereocenters. The molecule has 2 unspecified atom stereocenters. The topological polar surface area (TPSA) is 44.8 Å². The molecule has 0 aromatic heterocycles. The van der Waals surface area contributed by atoms with E-state index in [9.17, 15) is 4.79 Å². The van der Waals surface area contributed by atoms with Crippen LogP contribution in [0.4, 0.5) is 0 Å². The predicted molar refractivity (Wildman–Crippen MR) is 67.1 cm³/mol. The average molecular weight is 250 g/mol. The van der Waals surface area contributed by atoms with Crippen LogP contribution < -0.4 is 0 Å². The quantitative estimate of drug-likeness (QED) is 0.433. The molecule has 2 fully saturated rings. The number of hydrogen-bond acceptors (Lipinski definition) is 4. The molecule has 2 heterocycles. The molecule has 0 aliphatic carbocycles. The van der Waals surface area contributed by atoms with Crippen LogP contribution in [0.2, 0.25) is 0 Å². The fourth-order valence-corrected chi connectivity index (χ4v) is 2.16. The number of carbonyl (C=O) groups excluding carboxylic acids is 1. The lowest BCUT2D eigenvalue weighted by Crippen LogP contribution is -2.32. The van der Waals surface area contributed by atoms with E-state index in [4.69, 9.17) is 14.2 Å². The summed E-state index contributed by atoms with van der Waals surface area (Å²) in [5.41, 5.74) is 0.439. The van der Waals surface area contributed by atoms with E-state index in [0.29, 0.717) is 18.8 Å². The zero-order chi connectivity index (χ0) is 13.0. The zero-order valence-corrected chi connectivity index (χ0v) is 10.5. The summed E-state index contributed by atoms with van der Waals surface area (Å²) in [7, 11) is 0. The van der Waals surface area contributed by atoms with Gasteiger partial charge in [0.25, 0.3) is 0 Å². The molecule has 2 aliphatic heterocycles. The molecule has 2 aliphatic rings. The summed E-state index contributed by atoms with van der Waals surface area (Å²) in [6.07, 6.45) is 7.32. The molecule has 0 aromatic carbocycles. The van der Waals surface area contributed by atoms with E-state index in [-0.39, 0.29) is 24.3 Å². The van der Waals surface area contributed by atoms with E-state index in [2.05, 4.69) is 6.58 Å². The molecular weight excluding hydrogens is 232 g/mol. The lowest BCUT2D eigenvalue weighted by atomic mass is 10.1. The molecule has 0 radical (unpaired) electrons. The fraction of sp³-hybridized carbons (Fsp3) is 0.500. The van der Waals surface area contributed by atoms with E-state index >= 15 is 0 Å².